The number of imidazole rings is 2. The Labute approximate surface area is 155 Å². The van der Waals surface area contributed by atoms with Gasteiger partial charge in [-0.2, -0.15) is 0 Å². The van der Waals surface area contributed by atoms with Gasteiger partial charge in [0.15, 0.2) is 0 Å². The first-order valence-corrected chi connectivity index (χ1v) is 8.64. The van der Waals surface area contributed by atoms with Crippen molar-refractivity contribution in [2.45, 2.75) is 20.5 Å². The molecule has 0 N–H and O–H groups in total. The van der Waals surface area contributed by atoms with Crippen LogP contribution < -0.4 is 11.4 Å². The van der Waals surface area contributed by atoms with Gasteiger partial charge in [0.25, 0.3) is 0 Å². The molecule has 0 aliphatic heterocycles. The smallest absolute Gasteiger partial charge is 0.273 e. The van der Waals surface area contributed by atoms with Crippen LogP contribution in [-0.4, -0.2) is 18.3 Å². The van der Waals surface area contributed by atoms with Crippen LogP contribution in [0.3, 0.4) is 0 Å². The van der Waals surface area contributed by atoms with E-state index in [2.05, 4.69) is 13.2 Å². The fourth-order valence-electron chi connectivity index (χ4n) is 3.57. The van der Waals surface area contributed by atoms with Crippen molar-refractivity contribution in [2.75, 3.05) is 0 Å². The van der Waals surface area contributed by atoms with Crippen molar-refractivity contribution in [3.8, 4) is 0 Å². The van der Waals surface area contributed by atoms with Crippen LogP contribution in [0.5, 0.6) is 0 Å². The Hall–Kier alpha value is -3.54. The molecule has 0 saturated carbocycles. The Morgan fingerprint density at radius 3 is 1.37 bits per heavy atom. The van der Waals surface area contributed by atoms with Crippen LogP contribution in [0.4, 0.5) is 0 Å². The highest BCUT2D eigenvalue weighted by molar-refractivity contribution is 5.81. The molecule has 0 bridgehead atoms. The minimum atomic E-state index is -0.220. The summed E-state index contributed by atoms with van der Waals surface area (Å²) in [5.74, 6) is 0. The van der Waals surface area contributed by atoms with Crippen LogP contribution in [0.2, 0.25) is 0 Å². The van der Waals surface area contributed by atoms with Crippen LogP contribution in [0.15, 0.2) is 71.3 Å². The lowest BCUT2D eigenvalue weighted by atomic mass is 10.3. The predicted octanol–water partition coefficient (Wildman–Crippen LogP) is 3.41. The van der Waals surface area contributed by atoms with Crippen molar-refractivity contribution < 1.29 is 0 Å². The number of para-hydroxylation sites is 4. The van der Waals surface area contributed by atoms with E-state index >= 15 is 0 Å². The van der Waals surface area contributed by atoms with Gasteiger partial charge in [0.05, 0.1) is 22.1 Å². The maximum Gasteiger partial charge on any atom is 0.334 e. The number of allylic oxidation sites excluding steroid dienone is 2. The fraction of sp³-hybridized carbons (Fsp3) is 0.143. The Bertz CT molecular complexity index is 1240. The van der Waals surface area contributed by atoms with Gasteiger partial charge in [0.1, 0.15) is 6.67 Å². The summed E-state index contributed by atoms with van der Waals surface area (Å²) < 4.78 is 6.33. The molecule has 0 aliphatic rings. The Kier molecular flexibility index (Phi) is 3.77. The normalized spacial score (nSPS) is 11.3. The molecule has 4 aromatic rings. The van der Waals surface area contributed by atoms with E-state index in [0.717, 1.165) is 22.1 Å². The van der Waals surface area contributed by atoms with Crippen LogP contribution in [0, 0.1) is 0 Å². The molecular formula is C21H20N4O2. The molecule has 0 amide bonds. The molecule has 0 atom stereocenters. The number of rotatable bonds is 4. The van der Waals surface area contributed by atoms with E-state index in [4.69, 9.17) is 0 Å². The minimum Gasteiger partial charge on any atom is -0.273 e. The molecular weight excluding hydrogens is 340 g/mol. The Morgan fingerprint density at radius 1 is 0.704 bits per heavy atom. The van der Waals surface area contributed by atoms with Crippen molar-refractivity contribution in [3.05, 3.63) is 82.7 Å². The third-order valence-corrected chi connectivity index (χ3v) is 4.72. The van der Waals surface area contributed by atoms with Crippen LogP contribution in [-0.2, 0) is 6.67 Å². The second kappa shape index (κ2) is 6.02. The second-order valence-corrected chi connectivity index (χ2v) is 6.68. The van der Waals surface area contributed by atoms with E-state index in [1.807, 2.05) is 48.5 Å². The molecule has 0 radical (unpaired) electrons. The lowest BCUT2D eigenvalue weighted by molar-refractivity contribution is 0.592. The molecule has 2 heterocycles. The number of nitrogens with zero attached hydrogens (tertiary/aromatic N) is 4. The summed E-state index contributed by atoms with van der Waals surface area (Å²) in [7, 11) is 0. The van der Waals surface area contributed by atoms with Gasteiger partial charge in [-0.1, -0.05) is 37.4 Å². The average Bonchev–Trinajstić information content (AvgIpc) is 3.07. The van der Waals surface area contributed by atoms with E-state index in [1.165, 1.54) is 0 Å². The summed E-state index contributed by atoms with van der Waals surface area (Å²) in [6, 6.07) is 15.0. The van der Waals surface area contributed by atoms with Crippen molar-refractivity contribution in [3.63, 3.8) is 0 Å². The third-order valence-electron chi connectivity index (χ3n) is 4.72. The molecule has 6 heteroatoms. The number of aromatic nitrogens is 4. The standard InChI is InChI=1S/C21H20N4O2/c1-14(2)24-18-11-7-5-9-16(18)22(20(24)26)13-23-17-10-6-8-12-19(17)25(15(3)4)21(23)27/h5-12H,1,3,13H2,2,4H3. The third kappa shape index (κ3) is 2.41. The molecule has 0 aliphatic carbocycles. The highest BCUT2D eigenvalue weighted by atomic mass is 16.2. The van der Waals surface area contributed by atoms with E-state index < -0.39 is 0 Å². The first-order chi connectivity index (χ1) is 12.9. The molecule has 0 spiro atoms. The van der Waals surface area contributed by atoms with Gasteiger partial charge in [0, 0.05) is 11.4 Å². The van der Waals surface area contributed by atoms with Gasteiger partial charge in [-0.15, -0.1) is 0 Å². The van der Waals surface area contributed by atoms with Crippen LogP contribution >= 0.6 is 0 Å². The molecule has 6 nitrogen and oxygen atoms in total. The quantitative estimate of drug-likeness (QED) is 0.560. The Morgan fingerprint density at radius 2 is 1.04 bits per heavy atom. The number of benzene rings is 2. The Balaban J connectivity index is 2.03. The van der Waals surface area contributed by atoms with Crippen molar-refractivity contribution in [1.82, 2.24) is 18.3 Å². The number of fused-ring (bicyclic) bond motifs is 2. The summed E-state index contributed by atoms with van der Waals surface area (Å²) in [5.41, 5.74) is 3.87. The van der Waals surface area contributed by atoms with Gasteiger partial charge in [-0.25, -0.2) is 9.59 Å². The summed E-state index contributed by atoms with van der Waals surface area (Å²) >= 11 is 0. The number of hydrogen-bond acceptors (Lipinski definition) is 2. The van der Waals surface area contributed by atoms with Gasteiger partial charge in [0.2, 0.25) is 0 Å². The lowest BCUT2D eigenvalue weighted by Gasteiger charge is -2.05. The molecule has 27 heavy (non-hydrogen) atoms. The first-order valence-electron chi connectivity index (χ1n) is 8.64. The highest BCUT2D eigenvalue weighted by Gasteiger charge is 2.18. The predicted molar refractivity (Wildman–Crippen MR) is 110 cm³/mol. The fourth-order valence-corrected chi connectivity index (χ4v) is 3.57. The number of hydrogen-bond donors (Lipinski definition) is 0. The maximum atomic E-state index is 13.0. The van der Waals surface area contributed by atoms with Crippen molar-refractivity contribution in [1.29, 1.82) is 0 Å². The molecule has 136 valence electrons. The summed E-state index contributed by atoms with van der Waals surface area (Å²) in [4.78, 5) is 26.1. The molecule has 0 fully saturated rings. The zero-order valence-electron chi connectivity index (χ0n) is 15.3. The van der Waals surface area contributed by atoms with Crippen LogP contribution in [0.1, 0.15) is 13.8 Å². The zero-order chi connectivity index (χ0) is 19.3. The average molecular weight is 360 g/mol. The van der Waals surface area contributed by atoms with E-state index in [0.29, 0.717) is 11.4 Å². The maximum absolute atomic E-state index is 13.0. The second-order valence-electron chi connectivity index (χ2n) is 6.68. The zero-order valence-corrected chi connectivity index (χ0v) is 15.3. The SMILES string of the molecule is C=C(C)n1c(=O)n(Cn2c(=O)n(C(=C)C)c3ccccc32)c2ccccc21. The monoisotopic (exact) mass is 360 g/mol. The van der Waals surface area contributed by atoms with Gasteiger partial charge < -0.3 is 0 Å². The molecule has 2 aromatic heterocycles. The van der Waals surface area contributed by atoms with Gasteiger partial charge in [-0.3, -0.25) is 18.3 Å². The first kappa shape index (κ1) is 16.9. The van der Waals surface area contributed by atoms with Gasteiger partial charge in [-0.05, 0) is 38.1 Å². The van der Waals surface area contributed by atoms with Crippen molar-refractivity contribution >= 4 is 33.5 Å². The van der Waals surface area contributed by atoms with E-state index in [9.17, 15) is 9.59 Å². The topological polar surface area (TPSA) is 53.9 Å². The molecule has 2 aromatic carbocycles. The van der Waals surface area contributed by atoms with E-state index in [-0.39, 0.29) is 18.0 Å². The summed E-state index contributed by atoms with van der Waals surface area (Å²) in [5, 5.41) is 0. The molecule has 0 unspecified atom stereocenters. The van der Waals surface area contributed by atoms with Crippen LogP contribution in [0.25, 0.3) is 33.5 Å². The van der Waals surface area contributed by atoms with Gasteiger partial charge >= 0.3 is 11.4 Å². The summed E-state index contributed by atoms with van der Waals surface area (Å²) in [6.45, 7) is 11.5. The summed E-state index contributed by atoms with van der Waals surface area (Å²) in [6.07, 6.45) is 0. The van der Waals surface area contributed by atoms with E-state index in [1.54, 1.807) is 32.1 Å². The van der Waals surface area contributed by atoms with Crippen molar-refractivity contribution in [2.24, 2.45) is 0 Å². The largest absolute Gasteiger partial charge is 0.334 e. The highest BCUT2D eigenvalue weighted by Crippen LogP contribution is 2.19. The minimum absolute atomic E-state index is 0.110. The molecule has 4 rings (SSSR count). The lowest BCUT2D eigenvalue weighted by Crippen LogP contribution is -2.31. The molecule has 0 saturated heterocycles.